The van der Waals surface area contributed by atoms with Crippen LogP contribution in [-0.2, 0) is 4.74 Å². The zero-order valence-electron chi connectivity index (χ0n) is 12.3. The van der Waals surface area contributed by atoms with Crippen LogP contribution in [0.2, 0.25) is 0 Å². The molecule has 8 nitrogen and oxygen atoms in total. The van der Waals surface area contributed by atoms with Gasteiger partial charge in [0.2, 0.25) is 0 Å². The third kappa shape index (κ3) is 2.95. The van der Waals surface area contributed by atoms with E-state index in [1.165, 1.54) is 13.4 Å². The quantitative estimate of drug-likeness (QED) is 0.707. The topological polar surface area (TPSA) is 108 Å². The second kappa shape index (κ2) is 6.14. The maximum atomic E-state index is 11.4. The highest BCUT2D eigenvalue weighted by molar-refractivity contribution is 5.89. The number of hydrogen-bond donors (Lipinski definition) is 2. The Morgan fingerprint density at radius 3 is 2.70 bits per heavy atom. The lowest BCUT2D eigenvalue weighted by Gasteiger charge is -2.11. The number of esters is 1. The SMILES string of the molecule is COC(=O)c1ccc(Nc2ncnc(-n3ccnc3)c2N)cc1. The molecule has 0 radical (unpaired) electrons. The summed E-state index contributed by atoms with van der Waals surface area (Å²) in [7, 11) is 1.34. The Bertz CT molecular complexity index is 814. The predicted molar refractivity (Wildman–Crippen MR) is 84.6 cm³/mol. The predicted octanol–water partition coefficient (Wildman–Crippen LogP) is 1.77. The summed E-state index contributed by atoms with van der Waals surface area (Å²) in [5, 5.41) is 3.10. The number of nitrogens with zero attached hydrogens (tertiary/aromatic N) is 4. The summed E-state index contributed by atoms with van der Waals surface area (Å²) in [6.07, 6.45) is 6.40. The number of benzene rings is 1. The third-order valence-corrected chi connectivity index (χ3v) is 3.18. The van der Waals surface area contributed by atoms with Crippen LogP contribution in [0.25, 0.3) is 5.82 Å². The maximum Gasteiger partial charge on any atom is 0.337 e. The van der Waals surface area contributed by atoms with Crippen LogP contribution in [0.3, 0.4) is 0 Å². The van der Waals surface area contributed by atoms with E-state index in [-0.39, 0.29) is 5.97 Å². The monoisotopic (exact) mass is 310 g/mol. The van der Waals surface area contributed by atoms with Crippen LogP contribution in [0.4, 0.5) is 17.2 Å². The fourth-order valence-electron chi connectivity index (χ4n) is 2.02. The third-order valence-electron chi connectivity index (χ3n) is 3.18. The number of carbonyl (C=O) groups is 1. The van der Waals surface area contributed by atoms with Crippen molar-refractivity contribution in [1.82, 2.24) is 19.5 Å². The second-order valence-electron chi connectivity index (χ2n) is 4.62. The molecule has 0 aliphatic carbocycles. The normalized spacial score (nSPS) is 10.3. The van der Waals surface area contributed by atoms with Gasteiger partial charge < -0.3 is 15.8 Å². The van der Waals surface area contributed by atoms with Crippen LogP contribution in [-0.4, -0.2) is 32.6 Å². The number of aromatic nitrogens is 4. The Hall–Kier alpha value is -3.42. The lowest BCUT2D eigenvalue weighted by molar-refractivity contribution is 0.0601. The maximum absolute atomic E-state index is 11.4. The molecule has 116 valence electrons. The van der Waals surface area contributed by atoms with E-state index in [1.807, 2.05) is 0 Å². The minimum absolute atomic E-state index is 0.388. The highest BCUT2D eigenvalue weighted by Gasteiger charge is 2.10. The Morgan fingerprint density at radius 2 is 2.04 bits per heavy atom. The lowest BCUT2D eigenvalue weighted by atomic mass is 10.2. The van der Waals surface area contributed by atoms with Crippen LogP contribution in [0.15, 0.2) is 49.3 Å². The molecule has 0 atom stereocenters. The van der Waals surface area contributed by atoms with Crippen LogP contribution < -0.4 is 11.1 Å². The smallest absolute Gasteiger partial charge is 0.337 e. The van der Waals surface area contributed by atoms with Crippen molar-refractivity contribution >= 4 is 23.2 Å². The number of ether oxygens (including phenoxy) is 1. The van der Waals surface area contributed by atoms with Gasteiger partial charge in [-0.25, -0.2) is 19.7 Å². The summed E-state index contributed by atoms with van der Waals surface area (Å²) < 4.78 is 6.36. The van der Waals surface area contributed by atoms with Gasteiger partial charge in [-0.1, -0.05) is 0 Å². The summed E-state index contributed by atoms with van der Waals surface area (Å²) in [6, 6.07) is 6.79. The minimum atomic E-state index is -0.388. The van der Waals surface area contributed by atoms with E-state index in [4.69, 9.17) is 5.73 Å². The number of anilines is 3. The minimum Gasteiger partial charge on any atom is -0.465 e. The number of nitrogen functional groups attached to an aromatic ring is 1. The van der Waals surface area contributed by atoms with E-state index in [0.29, 0.717) is 22.9 Å². The molecule has 0 fully saturated rings. The fourth-order valence-corrected chi connectivity index (χ4v) is 2.02. The number of imidazole rings is 1. The Kier molecular flexibility index (Phi) is 3.88. The highest BCUT2D eigenvalue weighted by Crippen LogP contribution is 2.24. The van der Waals surface area contributed by atoms with Gasteiger partial charge in [0, 0.05) is 18.1 Å². The van der Waals surface area contributed by atoms with Gasteiger partial charge in [-0.15, -0.1) is 0 Å². The summed E-state index contributed by atoms with van der Waals surface area (Å²) in [5.74, 6) is 0.612. The molecule has 3 N–H and O–H groups in total. The van der Waals surface area contributed by atoms with E-state index in [1.54, 1.807) is 47.6 Å². The van der Waals surface area contributed by atoms with Crippen molar-refractivity contribution < 1.29 is 9.53 Å². The molecule has 3 aromatic rings. The standard InChI is InChI=1S/C15H14N6O2/c1-23-15(22)10-2-4-11(5-3-10)20-13-12(16)14(19-8-18-13)21-7-6-17-9-21/h2-9H,16H2,1H3,(H,18,19,20). The van der Waals surface area contributed by atoms with Gasteiger partial charge in [-0.2, -0.15) is 0 Å². The molecule has 0 amide bonds. The average Bonchev–Trinajstić information content (AvgIpc) is 3.11. The van der Waals surface area contributed by atoms with E-state index in [9.17, 15) is 4.79 Å². The van der Waals surface area contributed by atoms with Gasteiger partial charge in [0.15, 0.2) is 11.6 Å². The molecule has 0 unspecified atom stereocenters. The molecule has 0 saturated carbocycles. The largest absolute Gasteiger partial charge is 0.465 e. The van der Waals surface area contributed by atoms with Crippen LogP contribution >= 0.6 is 0 Å². The van der Waals surface area contributed by atoms with E-state index >= 15 is 0 Å². The van der Waals surface area contributed by atoms with Crippen molar-refractivity contribution in [2.45, 2.75) is 0 Å². The zero-order chi connectivity index (χ0) is 16.2. The molecule has 0 spiro atoms. The Balaban J connectivity index is 1.86. The summed E-state index contributed by atoms with van der Waals surface area (Å²) in [5.41, 5.74) is 7.70. The van der Waals surface area contributed by atoms with Crippen molar-refractivity contribution in [1.29, 1.82) is 0 Å². The van der Waals surface area contributed by atoms with Gasteiger partial charge in [0.1, 0.15) is 18.3 Å². The molecule has 0 saturated heterocycles. The average molecular weight is 310 g/mol. The number of carbonyl (C=O) groups excluding carboxylic acids is 1. The van der Waals surface area contributed by atoms with Gasteiger partial charge in [0.05, 0.1) is 12.7 Å². The van der Waals surface area contributed by atoms with Crippen molar-refractivity contribution in [2.24, 2.45) is 0 Å². The number of hydrogen-bond acceptors (Lipinski definition) is 7. The first kappa shape index (κ1) is 14.5. The number of nitrogens with two attached hydrogens (primary N) is 1. The molecule has 8 heteroatoms. The second-order valence-corrected chi connectivity index (χ2v) is 4.62. The highest BCUT2D eigenvalue weighted by atomic mass is 16.5. The van der Waals surface area contributed by atoms with Crippen LogP contribution in [0, 0.1) is 0 Å². The first-order valence-electron chi connectivity index (χ1n) is 6.73. The lowest BCUT2D eigenvalue weighted by Crippen LogP contribution is -2.07. The number of rotatable bonds is 4. The van der Waals surface area contributed by atoms with Crippen LogP contribution in [0.1, 0.15) is 10.4 Å². The fraction of sp³-hybridized carbons (Fsp3) is 0.0667. The van der Waals surface area contributed by atoms with Crippen molar-refractivity contribution in [3.05, 3.63) is 54.9 Å². The van der Waals surface area contributed by atoms with E-state index < -0.39 is 0 Å². The van der Waals surface area contributed by atoms with Gasteiger partial charge >= 0.3 is 5.97 Å². The van der Waals surface area contributed by atoms with E-state index in [0.717, 1.165) is 5.69 Å². The molecular formula is C15H14N6O2. The molecular weight excluding hydrogens is 296 g/mol. The molecule has 0 aliphatic heterocycles. The molecule has 3 rings (SSSR count). The number of nitrogens with one attached hydrogen (secondary N) is 1. The van der Waals surface area contributed by atoms with Gasteiger partial charge in [0.25, 0.3) is 0 Å². The molecule has 2 heterocycles. The van der Waals surface area contributed by atoms with E-state index in [2.05, 4.69) is 25.0 Å². The van der Waals surface area contributed by atoms with Gasteiger partial charge in [-0.05, 0) is 24.3 Å². The molecule has 1 aromatic carbocycles. The Morgan fingerprint density at radius 1 is 1.26 bits per heavy atom. The molecule has 0 aliphatic rings. The summed E-state index contributed by atoms with van der Waals surface area (Å²) in [4.78, 5) is 23.7. The molecule has 0 bridgehead atoms. The van der Waals surface area contributed by atoms with Crippen LogP contribution in [0.5, 0.6) is 0 Å². The molecule has 2 aromatic heterocycles. The Labute approximate surface area is 132 Å². The summed E-state index contributed by atoms with van der Waals surface area (Å²) in [6.45, 7) is 0. The summed E-state index contributed by atoms with van der Waals surface area (Å²) >= 11 is 0. The molecule has 23 heavy (non-hydrogen) atoms. The van der Waals surface area contributed by atoms with Crippen molar-refractivity contribution in [2.75, 3.05) is 18.2 Å². The van der Waals surface area contributed by atoms with Crippen molar-refractivity contribution in [3.63, 3.8) is 0 Å². The number of methoxy groups -OCH3 is 1. The first-order valence-corrected chi connectivity index (χ1v) is 6.73. The van der Waals surface area contributed by atoms with Crippen molar-refractivity contribution in [3.8, 4) is 5.82 Å². The zero-order valence-corrected chi connectivity index (χ0v) is 12.3. The van der Waals surface area contributed by atoms with Gasteiger partial charge in [-0.3, -0.25) is 4.57 Å². The first-order chi connectivity index (χ1) is 11.2.